The lowest BCUT2D eigenvalue weighted by Gasteiger charge is -2.28. The molecule has 0 N–H and O–H groups in total. The largest absolute Gasteiger partial charge is 0.500 e. The zero-order valence-electron chi connectivity index (χ0n) is 9.29. The van der Waals surface area contributed by atoms with Crippen LogP contribution in [0.4, 0.5) is 0 Å². The molecule has 2 nitrogen and oxygen atoms in total. The molecular formula is C9H22AlNO. The predicted molar refractivity (Wildman–Crippen MR) is 55.7 cm³/mol. The van der Waals surface area contributed by atoms with Crippen molar-refractivity contribution in [1.29, 1.82) is 0 Å². The molecule has 0 spiro atoms. The summed E-state index contributed by atoms with van der Waals surface area (Å²) in [6, 6.07) is 0.569. The highest BCUT2D eigenvalue weighted by Gasteiger charge is 2.17. The molecule has 0 saturated heterocycles. The van der Waals surface area contributed by atoms with E-state index in [0.29, 0.717) is 12.0 Å². The maximum atomic E-state index is 5.72. The summed E-state index contributed by atoms with van der Waals surface area (Å²) in [6.45, 7) is 5.39. The summed E-state index contributed by atoms with van der Waals surface area (Å²) in [6.07, 6.45) is 0. The Morgan fingerprint density at radius 3 is 2.00 bits per heavy atom. The molecular weight excluding hydrogens is 165 g/mol. The lowest BCUT2D eigenvalue weighted by atomic mass is 10.1. The van der Waals surface area contributed by atoms with Gasteiger partial charge < -0.3 is 8.69 Å². The van der Waals surface area contributed by atoms with Crippen molar-refractivity contribution in [3.8, 4) is 0 Å². The Morgan fingerprint density at radius 1 is 1.25 bits per heavy atom. The summed E-state index contributed by atoms with van der Waals surface area (Å²) in [5.41, 5.74) is 0. The lowest BCUT2D eigenvalue weighted by Crippen LogP contribution is -2.38. The molecule has 0 bridgehead atoms. The summed E-state index contributed by atoms with van der Waals surface area (Å²) in [4.78, 5) is 2.25. The molecule has 0 heterocycles. The van der Waals surface area contributed by atoms with E-state index in [1.54, 1.807) is 0 Å². The van der Waals surface area contributed by atoms with E-state index in [0.717, 1.165) is 6.61 Å². The third-order valence-corrected chi connectivity index (χ3v) is 2.89. The Kier molecular flexibility index (Phi) is 6.22. The molecule has 0 aromatic rings. The van der Waals surface area contributed by atoms with E-state index in [2.05, 4.69) is 44.4 Å². The van der Waals surface area contributed by atoms with Crippen LogP contribution in [0, 0.1) is 5.92 Å². The predicted octanol–water partition coefficient (Wildman–Crippen LogP) is 1.84. The molecule has 12 heavy (non-hydrogen) atoms. The average molecular weight is 187 g/mol. The quantitative estimate of drug-likeness (QED) is 0.609. The van der Waals surface area contributed by atoms with Crippen molar-refractivity contribution < 1.29 is 3.79 Å². The Morgan fingerprint density at radius 2 is 1.75 bits per heavy atom. The molecule has 0 amide bonds. The lowest BCUT2D eigenvalue weighted by molar-refractivity contribution is 0.148. The number of hydrogen-bond acceptors (Lipinski definition) is 2. The van der Waals surface area contributed by atoms with Gasteiger partial charge in [-0.1, -0.05) is 25.4 Å². The van der Waals surface area contributed by atoms with Crippen LogP contribution in [0.5, 0.6) is 0 Å². The number of likely N-dealkylation sites (N-methyl/N-ethyl adjacent to an activating group) is 1. The number of rotatable bonds is 5. The molecule has 0 fully saturated rings. The molecule has 0 radical (unpaired) electrons. The van der Waals surface area contributed by atoms with Gasteiger partial charge >= 0.3 is 14.5 Å². The van der Waals surface area contributed by atoms with Crippen LogP contribution >= 0.6 is 0 Å². The summed E-state index contributed by atoms with van der Waals surface area (Å²) >= 11 is -0.836. The van der Waals surface area contributed by atoms with Crippen LogP contribution in [-0.4, -0.2) is 46.1 Å². The zero-order chi connectivity index (χ0) is 9.72. The second-order valence-electron chi connectivity index (χ2n) is 4.16. The summed E-state index contributed by atoms with van der Waals surface area (Å²) in [5.74, 6) is 5.10. The fraction of sp³-hybridized carbons (Fsp3) is 1.00. The second kappa shape index (κ2) is 5.99. The topological polar surface area (TPSA) is 12.5 Å². The van der Waals surface area contributed by atoms with Gasteiger partial charge in [0, 0.05) is 12.6 Å². The summed E-state index contributed by atoms with van der Waals surface area (Å²) in [7, 11) is 4.24. The van der Waals surface area contributed by atoms with Gasteiger partial charge in [-0.3, -0.25) is 0 Å². The monoisotopic (exact) mass is 187 g/mol. The highest BCUT2D eigenvalue weighted by molar-refractivity contribution is 6.48. The third kappa shape index (κ3) is 5.16. The first kappa shape index (κ1) is 12.5. The van der Waals surface area contributed by atoms with Crippen LogP contribution in [-0.2, 0) is 3.79 Å². The molecule has 0 aliphatic carbocycles. The Bertz CT molecular complexity index is 107. The van der Waals surface area contributed by atoms with Crippen LogP contribution in [0.2, 0.25) is 11.6 Å². The zero-order valence-corrected chi connectivity index (χ0v) is 10.4. The van der Waals surface area contributed by atoms with Gasteiger partial charge in [-0.2, -0.15) is 0 Å². The minimum absolute atomic E-state index is 0.569. The van der Waals surface area contributed by atoms with E-state index in [1.165, 1.54) is 0 Å². The van der Waals surface area contributed by atoms with Gasteiger partial charge in [0.1, 0.15) is 0 Å². The van der Waals surface area contributed by atoms with E-state index < -0.39 is 14.5 Å². The normalized spacial score (nSPS) is 14.0. The molecule has 1 atom stereocenters. The average Bonchev–Trinajstić information content (AvgIpc) is 1.84. The van der Waals surface area contributed by atoms with E-state index in [-0.39, 0.29) is 0 Å². The minimum Gasteiger partial charge on any atom is -0.500 e. The number of nitrogens with zero attached hydrogens (tertiary/aromatic N) is 1. The van der Waals surface area contributed by atoms with E-state index in [1.807, 2.05) is 0 Å². The van der Waals surface area contributed by atoms with E-state index in [9.17, 15) is 0 Å². The van der Waals surface area contributed by atoms with E-state index in [4.69, 9.17) is 3.79 Å². The fourth-order valence-corrected chi connectivity index (χ4v) is 1.81. The van der Waals surface area contributed by atoms with Crippen molar-refractivity contribution in [2.75, 3.05) is 20.7 Å². The molecule has 0 aromatic carbocycles. The van der Waals surface area contributed by atoms with E-state index >= 15 is 0 Å². The Labute approximate surface area is 81.6 Å². The first-order valence-electron chi connectivity index (χ1n) is 4.73. The highest BCUT2D eigenvalue weighted by Crippen LogP contribution is 2.08. The smallest absolute Gasteiger partial charge is 0.454 e. The number of hydrogen-bond donors (Lipinski definition) is 0. The van der Waals surface area contributed by atoms with Gasteiger partial charge in [-0.25, -0.2) is 0 Å². The summed E-state index contributed by atoms with van der Waals surface area (Å²) in [5, 5.41) is 0. The molecule has 0 aliphatic heterocycles. The van der Waals surface area contributed by atoms with Crippen LogP contribution in [0.15, 0.2) is 0 Å². The molecule has 0 aliphatic rings. The Hall–Kier alpha value is 0.452. The van der Waals surface area contributed by atoms with Crippen molar-refractivity contribution >= 4 is 14.5 Å². The minimum atomic E-state index is -0.836. The molecule has 1 unspecified atom stereocenters. The first-order valence-corrected chi connectivity index (χ1v) is 7.51. The van der Waals surface area contributed by atoms with Crippen molar-refractivity contribution in [1.82, 2.24) is 4.90 Å². The highest BCUT2D eigenvalue weighted by atomic mass is 27.2. The van der Waals surface area contributed by atoms with Gasteiger partial charge in [-0.15, -0.1) is 0 Å². The molecule has 0 aromatic heterocycles. The van der Waals surface area contributed by atoms with Crippen molar-refractivity contribution in [2.24, 2.45) is 5.92 Å². The first-order chi connectivity index (χ1) is 5.45. The maximum Gasteiger partial charge on any atom is 0.454 e. The standard InChI is InChI=1S/C7H16NO.2CH3.Al/c1-6(2)7(5-9)8(3)4;;;/h6-7H,5H2,1-4H3;2*1H3;/q-1;;;+1. The van der Waals surface area contributed by atoms with Crippen LogP contribution in [0.25, 0.3) is 0 Å². The van der Waals surface area contributed by atoms with Gasteiger partial charge in [0.2, 0.25) is 0 Å². The summed E-state index contributed by atoms with van der Waals surface area (Å²) < 4.78 is 5.72. The molecule has 0 saturated carbocycles. The van der Waals surface area contributed by atoms with Crippen LogP contribution < -0.4 is 0 Å². The molecule has 0 rings (SSSR count). The van der Waals surface area contributed by atoms with Crippen molar-refractivity contribution in [2.45, 2.75) is 31.5 Å². The maximum absolute atomic E-state index is 5.72. The second-order valence-corrected chi connectivity index (χ2v) is 6.59. The third-order valence-electron chi connectivity index (χ3n) is 2.03. The SMILES string of the molecule is CC(C)C(C[O][Al]([CH3])[CH3])N(C)C. The van der Waals surface area contributed by atoms with Crippen molar-refractivity contribution in [3.05, 3.63) is 0 Å². The van der Waals surface area contributed by atoms with Crippen molar-refractivity contribution in [3.63, 3.8) is 0 Å². The van der Waals surface area contributed by atoms with Gasteiger partial charge in [-0.05, 0) is 20.0 Å². The van der Waals surface area contributed by atoms with Crippen LogP contribution in [0.3, 0.4) is 0 Å². The molecule has 3 heteroatoms. The molecule has 72 valence electrons. The van der Waals surface area contributed by atoms with Crippen LogP contribution in [0.1, 0.15) is 13.8 Å². The van der Waals surface area contributed by atoms with Gasteiger partial charge in [0.15, 0.2) is 0 Å². The van der Waals surface area contributed by atoms with Gasteiger partial charge in [0.25, 0.3) is 0 Å². The fourth-order valence-electron chi connectivity index (χ4n) is 1.23. The Balaban J connectivity index is 3.80. The van der Waals surface area contributed by atoms with Gasteiger partial charge in [0.05, 0.1) is 0 Å².